The zero-order valence-electron chi connectivity index (χ0n) is 13.8. The Hall–Kier alpha value is -3.28. The van der Waals surface area contributed by atoms with Crippen LogP contribution in [-0.2, 0) is 9.53 Å². The van der Waals surface area contributed by atoms with Gasteiger partial charge in [-0.3, -0.25) is 4.79 Å². The van der Waals surface area contributed by atoms with Gasteiger partial charge in [-0.05, 0) is 42.0 Å². The van der Waals surface area contributed by atoms with Crippen LogP contribution in [0.3, 0.4) is 0 Å². The van der Waals surface area contributed by atoms with E-state index in [0.29, 0.717) is 28.4 Å². The van der Waals surface area contributed by atoms with Crippen molar-refractivity contribution in [2.24, 2.45) is 0 Å². The number of carbonyl (C=O) groups is 2. The third-order valence-electron chi connectivity index (χ3n) is 3.71. The molecule has 1 heterocycles. The smallest absolute Gasteiger partial charge is 0.341 e. The van der Waals surface area contributed by atoms with Crippen molar-refractivity contribution in [3.8, 4) is 17.2 Å². The molecule has 0 spiro atoms. The third-order valence-corrected chi connectivity index (χ3v) is 3.71. The Labute approximate surface area is 144 Å². The van der Waals surface area contributed by atoms with E-state index in [2.05, 4.69) is 0 Å². The highest BCUT2D eigenvalue weighted by atomic mass is 16.7. The monoisotopic (exact) mass is 340 g/mol. The number of carbonyl (C=O) groups excluding carboxylic acids is 2. The summed E-state index contributed by atoms with van der Waals surface area (Å²) in [5.41, 5.74) is 0.913. The van der Waals surface area contributed by atoms with Crippen LogP contribution in [0.15, 0.2) is 48.0 Å². The number of ketones is 1. The van der Waals surface area contributed by atoms with E-state index in [-0.39, 0.29) is 12.4 Å². The van der Waals surface area contributed by atoms with Crippen LogP contribution in [-0.4, -0.2) is 32.8 Å². The molecule has 6 heteroatoms. The molecule has 1 aliphatic heterocycles. The number of Topliss-reactive ketones (excluding diaryl/α,β-unsaturated/α-hetero) is 1. The first-order valence-corrected chi connectivity index (χ1v) is 7.51. The lowest BCUT2D eigenvalue weighted by molar-refractivity contribution is -0.135. The molecule has 0 fully saturated rings. The van der Waals surface area contributed by atoms with Crippen LogP contribution < -0.4 is 14.2 Å². The highest BCUT2D eigenvalue weighted by molar-refractivity contribution is 6.27. The van der Waals surface area contributed by atoms with Gasteiger partial charge < -0.3 is 18.9 Å². The van der Waals surface area contributed by atoms with E-state index in [4.69, 9.17) is 18.9 Å². The molecule has 6 nitrogen and oxygen atoms in total. The first kappa shape index (κ1) is 16.6. The van der Waals surface area contributed by atoms with Crippen LogP contribution in [0.25, 0.3) is 6.08 Å². The van der Waals surface area contributed by atoms with Gasteiger partial charge in [0.15, 0.2) is 17.3 Å². The van der Waals surface area contributed by atoms with Gasteiger partial charge in [0.05, 0.1) is 14.2 Å². The molecule has 0 unspecified atom stereocenters. The molecule has 2 aromatic rings. The molecule has 1 aliphatic rings. The van der Waals surface area contributed by atoms with Crippen molar-refractivity contribution in [3.05, 3.63) is 59.2 Å². The molecule has 0 saturated carbocycles. The van der Waals surface area contributed by atoms with Crippen molar-refractivity contribution >= 4 is 17.8 Å². The predicted octanol–water partition coefficient (Wildman–Crippen LogP) is 2.86. The molecule has 0 aliphatic carbocycles. The normalized spacial score (nSPS) is 12.6. The van der Waals surface area contributed by atoms with Gasteiger partial charge in [0.2, 0.25) is 6.79 Å². The summed E-state index contributed by atoms with van der Waals surface area (Å²) in [6.07, 6.45) is 1.48. The number of benzene rings is 2. The standard InChI is InChI=1S/C19H16O6/c1-22-14-6-3-12(4-7-14)9-15(19(21)23-2)18(20)13-5-8-16-17(10-13)25-11-24-16/h3-10H,11H2,1-2H3/b15-9-. The van der Waals surface area contributed by atoms with Gasteiger partial charge in [-0.2, -0.15) is 0 Å². The lowest BCUT2D eigenvalue weighted by Gasteiger charge is -2.07. The Balaban J connectivity index is 1.95. The number of hydrogen-bond donors (Lipinski definition) is 0. The van der Waals surface area contributed by atoms with Gasteiger partial charge >= 0.3 is 5.97 Å². The van der Waals surface area contributed by atoms with Gasteiger partial charge in [-0.1, -0.05) is 12.1 Å². The molecule has 0 amide bonds. The number of esters is 1. The topological polar surface area (TPSA) is 71.1 Å². The number of rotatable bonds is 5. The van der Waals surface area contributed by atoms with Crippen molar-refractivity contribution in [1.29, 1.82) is 0 Å². The van der Waals surface area contributed by atoms with Crippen molar-refractivity contribution < 1.29 is 28.5 Å². The van der Waals surface area contributed by atoms with Crippen LogP contribution in [0.2, 0.25) is 0 Å². The first-order chi connectivity index (χ1) is 12.1. The zero-order valence-corrected chi connectivity index (χ0v) is 13.8. The second-order valence-electron chi connectivity index (χ2n) is 5.22. The molecule has 25 heavy (non-hydrogen) atoms. The molecule has 0 saturated heterocycles. The Morgan fingerprint density at radius 1 is 1.00 bits per heavy atom. The molecular formula is C19H16O6. The lowest BCUT2D eigenvalue weighted by atomic mass is 10.0. The highest BCUT2D eigenvalue weighted by Gasteiger charge is 2.23. The van der Waals surface area contributed by atoms with Gasteiger partial charge in [0, 0.05) is 5.56 Å². The summed E-state index contributed by atoms with van der Waals surface area (Å²) in [5.74, 6) is 0.549. The molecule has 0 atom stereocenters. The maximum Gasteiger partial charge on any atom is 0.341 e. The number of ether oxygens (including phenoxy) is 4. The average Bonchev–Trinajstić information content (AvgIpc) is 3.13. The molecule has 0 radical (unpaired) electrons. The van der Waals surface area contributed by atoms with E-state index >= 15 is 0 Å². The molecular weight excluding hydrogens is 324 g/mol. The quantitative estimate of drug-likeness (QED) is 0.274. The predicted molar refractivity (Wildman–Crippen MR) is 89.9 cm³/mol. The highest BCUT2D eigenvalue weighted by Crippen LogP contribution is 2.33. The van der Waals surface area contributed by atoms with Crippen LogP contribution in [0.5, 0.6) is 17.2 Å². The Morgan fingerprint density at radius 3 is 2.40 bits per heavy atom. The van der Waals surface area contributed by atoms with E-state index in [1.165, 1.54) is 13.2 Å². The summed E-state index contributed by atoms with van der Waals surface area (Å²) in [7, 11) is 2.80. The van der Waals surface area contributed by atoms with Gasteiger partial charge in [-0.15, -0.1) is 0 Å². The third kappa shape index (κ3) is 3.47. The van der Waals surface area contributed by atoms with E-state index in [0.717, 1.165) is 0 Å². The zero-order chi connectivity index (χ0) is 17.8. The minimum absolute atomic E-state index is 0.0773. The first-order valence-electron chi connectivity index (χ1n) is 7.51. The van der Waals surface area contributed by atoms with Crippen LogP contribution >= 0.6 is 0 Å². The average molecular weight is 340 g/mol. The summed E-state index contributed by atoms with van der Waals surface area (Å²) >= 11 is 0. The van der Waals surface area contributed by atoms with Crippen LogP contribution in [0.4, 0.5) is 0 Å². The van der Waals surface area contributed by atoms with Crippen molar-refractivity contribution in [1.82, 2.24) is 0 Å². The van der Waals surface area contributed by atoms with E-state index in [1.54, 1.807) is 49.6 Å². The summed E-state index contributed by atoms with van der Waals surface area (Å²) in [4.78, 5) is 24.9. The summed E-state index contributed by atoms with van der Waals surface area (Å²) in [6, 6.07) is 11.7. The van der Waals surface area contributed by atoms with Crippen LogP contribution in [0.1, 0.15) is 15.9 Å². The minimum atomic E-state index is -0.710. The molecule has 0 N–H and O–H groups in total. The SMILES string of the molecule is COC(=O)/C(=C\c1ccc(OC)cc1)C(=O)c1ccc2c(c1)OCO2. The van der Waals surface area contributed by atoms with E-state index < -0.39 is 11.8 Å². The fraction of sp³-hybridized carbons (Fsp3) is 0.158. The molecule has 0 bridgehead atoms. The van der Waals surface area contributed by atoms with Gasteiger partial charge in [-0.25, -0.2) is 4.79 Å². The minimum Gasteiger partial charge on any atom is -0.497 e. The summed E-state index contributed by atoms with van der Waals surface area (Å²) in [6.45, 7) is 0.110. The van der Waals surface area contributed by atoms with E-state index in [9.17, 15) is 9.59 Å². The largest absolute Gasteiger partial charge is 0.497 e. The van der Waals surface area contributed by atoms with Crippen molar-refractivity contribution in [2.45, 2.75) is 0 Å². The fourth-order valence-corrected chi connectivity index (χ4v) is 2.39. The number of methoxy groups -OCH3 is 2. The van der Waals surface area contributed by atoms with Crippen molar-refractivity contribution in [3.63, 3.8) is 0 Å². The lowest BCUT2D eigenvalue weighted by Crippen LogP contribution is -2.14. The number of fused-ring (bicyclic) bond motifs is 1. The van der Waals surface area contributed by atoms with Gasteiger partial charge in [0.1, 0.15) is 11.3 Å². The summed E-state index contributed by atoms with van der Waals surface area (Å²) in [5, 5.41) is 0. The second kappa shape index (κ2) is 7.09. The van der Waals surface area contributed by atoms with E-state index in [1.807, 2.05) is 0 Å². The Kier molecular flexibility index (Phi) is 4.70. The second-order valence-corrected chi connectivity index (χ2v) is 5.22. The maximum absolute atomic E-state index is 12.8. The summed E-state index contributed by atoms with van der Waals surface area (Å²) < 4.78 is 20.4. The van der Waals surface area contributed by atoms with Gasteiger partial charge in [0.25, 0.3) is 0 Å². The number of hydrogen-bond acceptors (Lipinski definition) is 6. The van der Waals surface area contributed by atoms with Crippen molar-refractivity contribution in [2.75, 3.05) is 21.0 Å². The maximum atomic E-state index is 12.8. The Morgan fingerprint density at radius 2 is 1.72 bits per heavy atom. The van der Waals surface area contributed by atoms with Crippen LogP contribution in [0, 0.1) is 0 Å². The molecule has 0 aromatic heterocycles. The molecule has 128 valence electrons. The Bertz CT molecular complexity index is 835. The molecule has 2 aromatic carbocycles. The fourth-order valence-electron chi connectivity index (χ4n) is 2.39. The molecule has 3 rings (SSSR count).